The van der Waals surface area contributed by atoms with Crippen LogP contribution in [0.25, 0.3) is 5.57 Å². The number of hydrogen-bond acceptors (Lipinski definition) is 1. The molecule has 0 aliphatic rings. The lowest BCUT2D eigenvalue weighted by Gasteiger charge is -1.97. The second-order valence-corrected chi connectivity index (χ2v) is 2.15. The van der Waals surface area contributed by atoms with Gasteiger partial charge in [-0.15, -0.1) is 0 Å². The van der Waals surface area contributed by atoms with Crippen LogP contribution in [0.5, 0.6) is 0 Å². The molecular weight excluding hydrogens is 164 g/mol. The van der Waals surface area contributed by atoms with Gasteiger partial charge in [0.2, 0.25) is 0 Å². The molecule has 13 heavy (non-hydrogen) atoms. The molecule has 2 heteroatoms. The minimum Gasteiger partial charge on any atom is -0.478 e. The Morgan fingerprint density at radius 3 is 2.08 bits per heavy atom. The Bertz CT molecular complexity index is 275. The maximum atomic E-state index is 10.4. The summed E-state index contributed by atoms with van der Waals surface area (Å²) in [7, 11) is 0. The van der Waals surface area contributed by atoms with Gasteiger partial charge < -0.3 is 5.11 Å². The first-order valence-electron chi connectivity index (χ1n) is 4.19. The molecule has 0 bridgehead atoms. The second kappa shape index (κ2) is 6.00. The minimum absolute atomic E-state index is 0.130. The summed E-state index contributed by atoms with van der Waals surface area (Å²) in [5.74, 6) is -0.976. The summed E-state index contributed by atoms with van der Waals surface area (Å²) in [6, 6.07) is 8.83. The number of carboxylic acids is 1. The van der Waals surface area contributed by atoms with E-state index >= 15 is 0 Å². The summed E-state index contributed by atoms with van der Waals surface area (Å²) < 4.78 is 0. The van der Waals surface area contributed by atoms with Gasteiger partial charge in [-0.1, -0.05) is 50.8 Å². The lowest BCUT2D eigenvalue weighted by molar-refractivity contribution is -0.130. The fraction of sp³-hybridized carbons (Fsp3) is 0.182. The van der Waals surface area contributed by atoms with Crippen molar-refractivity contribution < 1.29 is 9.90 Å². The van der Waals surface area contributed by atoms with Crippen molar-refractivity contribution in [3.8, 4) is 0 Å². The summed E-state index contributed by atoms with van der Waals surface area (Å²) in [4.78, 5) is 10.4. The lowest BCUT2D eigenvalue weighted by Crippen LogP contribution is -1.96. The van der Waals surface area contributed by atoms with E-state index in [0.717, 1.165) is 0 Å². The number of benzene rings is 1. The van der Waals surface area contributed by atoms with Gasteiger partial charge >= 0.3 is 5.97 Å². The molecule has 0 fully saturated rings. The predicted molar refractivity (Wildman–Crippen MR) is 54.5 cm³/mol. The highest BCUT2D eigenvalue weighted by molar-refractivity contribution is 6.14. The highest BCUT2D eigenvalue weighted by Crippen LogP contribution is 2.10. The number of rotatable bonds is 2. The standard InChI is InChI=1S/C9H8O2.C2H6/c1-7(9(10)11)8-5-3-2-4-6-8;1-2/h2-6H,1H2,(H,10,11);1-2H3. The van der Waals surface area contributed by atoms with Crippen molar-refractivity contribution in [1.29, 1.82) is 0 Å². The first-order valence-corrected chi connectivity index (χ1v) is 4.19. The molecule has 0 saturated heterocycles. The fourth-order valence-electron chi connectivity index (χ4n) is 0.763. The summed E-state index contributed by atoms with van der Waals surface area (Å²) in [5.41, 5.74) is 0.783. The van der Waals surface area contributed by atoms with E-state index in [4.69, 9.17) is 5.11 Å². The number of carbonyl (C=O) groups is 1. The predicted octanol–water partition coefficient (Wildman–Crippen LogP) is 2.81. The van der Waals surface area contributed by atoms with Crippen LogP contribution < -0.4 is 0 Å². The van der Waals surface area contributed by atoms with Crippen LogP contribution in [0.2, 0.25) is 0 Å². The van der Waals surface area contributed by atoms with Crippen LogP contribution in [-0.2, 0) is 4.79 Å². The second-order valence-electron chi connectivity index (χ2n) is 2.15. The molecule has 1 aromatic carbocycles. The summed E-state index contributed by atoms with van der Waals surface area (Å²) in [6.45, 7) is 7.42. The largest absolute Gasteiger partial charge is 0.478 e. The van der Waals surface area contributed by atoms with Crippen LogP contribution in [0.4, 0.5) is 0 Å². The van der Waals surface area contributed by atoms with Crippen molar-refractivity contribution >= 4 is 11.5 Å². The SMILES string of the molecule is C=C(C(=O)O)c1ccccc1.CC. The molecule has 1 N–H and O–H groups in total. The zero-order valence-electron chi connectivity index (χ0n) is 7.95. The van der Waals surface area contributed by atoms with E-state index in [1.165, 1.54) is 0 Å². The summed E-state index contributed by atoms with van der Waals surface area (Å²) >= 11 is 0. The van der Waals surface area contributed by atoms with E-state index in [-0.39, 0.29) is 5.57 Å². The van der Waals surface area contributed by atoms with Gasteiger partial charge in [0, 0.05) is 0 Å². The smallest absolute Gasteiger partial charge is 0.335 e. The molecule has 0 atom stereocenters. The van der Waals surface area contributed by atoms with Gasteiger partial charge in [-0.05, 0) is 5.56 Å². The molecule has 0 unspecified atom stereocenters. The molecule has 0 heterocycles. The molecular formula is C11H14O2. The Morgan fingerprint density at radius 2 is 1.69 bits per heavy atom. The van der Waals surface area contributed by atoms with Gasteiger partial charge in [0.05, 0.1) is 5.57 Å². The molecule has 0 aliphatic carbocycles. The van der Waals surface area contributed by atoms with Gasteiger partial charge in [-0.25, -0.2) is 4.79 Å². The maximum absolute atomic E-state index is 10.4. The molecule has 1 aromatic rings. The minimum atomic E-state index is -0.976. The van der Waals surface area contributed by atoms with Crippen LogP contribution in [0.1, 0.15) is 19.4 Å². The third-order valence-corrected chi connectivity index (χ3v) is 1.38. The highest BCUT2D eigenvalue weighted by Gasteiger charge is 2.04. The van der Waals surface area contributed by atoms with Crippen molar-refractivity contribution in [1.82, 2.24) is 0 Å². The number of hydrogen-bond donors (Lipinski definition) is 1. The zero-order chi connectivity index (χ0) is 10.3. The van der Waals surface area contributed by atoms with E-state index in [2.05, 4.69) is 6.58 Å². The van der Waals surface area contributed by atoms with Crippen molar-refractivity contribution in [2.75, 3.05) is 0 Å². The summed E-state index contributed by atoms with van der Waals surface area (Å²) in [6.07, 6.45) is 0. The van der Waals surface area contributed by atoms with Crippen molar-refractivity contribution in [3.05, 3.63) is 42.5 Å². The third kappa shape index (κ3) is 3.56. The molecule has 0 saturated carbocycles. The Balaban J connectivity index is 0.000000671. The fourth-order valence-corrected chi connectivity index (χ4v) is 0.763. The lowest BCUT2D eigenvalue weighted by atomic mass is 10.1. The molecule has 0 radical (unpaired) electrons. The normalized spacial score (nSPS) is 8.15. The first-order chi connectivity index (χ1) is 6.22. The summed E-state index contributed by atoms with van der Waals surface area (Å²) in [5, 5.41) is 8.54. The van der Waals surface area contributed by atoms with Gasteiger partial charge in [0.25, 0.3) is 0 Å². The average Bonchev–Trinajstić information content (AvgIpc) is 2.21. The van der Waals surface area contributed by atoms with Gasteiger partial charge in [0.15, 0.2) is 0 Å². The first kappa shape index (κ1) is 11.4. The number of aliphatic carboxylic acids is 1. The molecule has 0 aliphatic heterocycles. The monoisotopic (exact) mass is 178 g/mol. The van der Waals surface area contributed by atoms with E-state index in [0.29, 0.717) is 5.56 Å². The molecule has 0 amide bonds. The van der Waals surface area contributed by atoms with Crippen molar-refractivity contribution in [2.24, 2.45) is 0 Å². The molecule has 1 rings (SSSR count). The van der Waals surface area contributed by atoms with Crippen LogP contribution in [0.15, 0.2) is 36.9 Å². The van der Waals surface area contributed by atoms with Crippen molar-refractivity contribution in [2.45, 2.75) is 13.8 Å². The maximum Gasteiger partial charge on any atom is 0.335 e. The van der Waals surface area contributed by atoms with Crippen LogP contribution in [0.3, 0.4) is 0 Å². The van der Waals surface area contributed by atoms with Gasteiger partial charge in [0.1, 0.15) is 0 Å². The van der Waals surface area contributed by atoms with Crippen molar-refractivity contribution in [3.63, 3.8) is 0 Å². The van der Waals surface area contributed by atoms with E-state index < -0.39 is 5.97 Å². The van der Waals surface area contributed by atoms with Crippen LogP contribution >= 0.6 is 0 Å². The molecule has 0 aromatic heterocycles. The Morgan fingerprint density at radius 1 is 1.23 bits per heavy atom. The van der Waals surface area contributed by atoms with E-state index in [1.54, 1.807) is 24.3 Å². The molecule has 70 valence electrons. The Kier molecular flexibility index (Phi) is 5.28. The van der Waals surface area contributed by atoms with Gasteiger partial charge in [-0.3, -0.25) is 0 Å². The van der Waals surface area contributed by atoms with Crippen LogP contribution in [-0.4, -0.2) is 11.1 Å². The van der Waals surface area contributed by atoms with E-state index in [9.17, 15) is 4.79 Å². The topological polar surface area (TPSA) is 37.3 Å². The number of carboxylic acid groups (broad SMARTS) is 1. The average molecular weight is 178 g/mol. The van der Waals surface area contributed by atoms with Crippen LogP contribution in [0, 0.1) is 0 Å². The Labute approximate surface area is 78.5 Å². The van der Waals surface area contributed by atoms with Gasteiger partial charge in [-0.2, -0.15) is 0 Å². The highest BCUT2D eigenvalue weighted by atomic mass is 16.4. The van der Waals surface area contributed by atoms with E-state index in [1.807, 2.05) is 19.9 Å². The third-order valence-electron chi connectivity index (χ3n) is 1.38. The Hall–Kier alpha value is -1.57. The molecule has 0 spiro atoms. The zero-order valence-corrected chi connectivity index (χ0v) is 7.95. The quantitative estimate of drug-likeness (QED) is 0.707. The molecule has 2 nitrogen and oxygen atoms in total.